The van der Waals surface area contributed by atoms with Crippen LogP contribution in [0.1, 0.15) is 33.6 Å². The summed E-state index contributed by atoms with van der Waals surface area (Å²) in [5.41, 5.74) is 0. The lowest BCUT2D eigenvalue weighted by atomic mass is 10.0. The summed E-state index contributed by atoms with van der Waals surface area (Å²) in [4.78, 5) is 22.5. The number of amides is 1. The summed E-state index contributed by atoms with van der Waals surface area (Å²) in [7, 11) is 0. The second kappa shape index (κ2) is 3.90. The lowest BCUT2D eigenvalue weighted by Crippen LogP contribution is -2.44. The summed E-state index contributed by atoms with van der Waals surface area (Å²) in [6, 6.07) is -0.298. The Balaban J connectivity index is 2.46. The van der Waals surface area contributed by atoms with E-state index in [2.05, 4.69) is 5.32 Å². The van der Waals surface area contributed by atoms with Crippen LogP contribution in [0.2, 0.25) is 0 Å². The van der Waals surface area contributed by atoms with Crippen molar-refractivity contribution in [3.8, 4) is 0 Å². The molecule has 3 heteroatoms. The first-order valence-corrected chi connectivity index (χ1v) is 4.83. The Labute approximate surface area is 78.9 Å². The lowest BCUT2D eigenvalue weighted by molar-refractivity contribution is -0.128. The average Bonchev–Trinajstić information content (AvgIpc) is 2.80. The molecule has 0 radical (unpaired) electrons. The van der Waals surface area contributed by atoms with Gasteiger partial charge in [0.05, 0.1) is 6.04 Å². The third kappa shape index (κ3) is 2.83. The zero-order chi connectivity index (χ0) is 10.0. The van der Waals surface area contributed by atoms with Crippen LogP contribution in [0.25, 0.3) is 0 Å². The molecule has 1 aliphatic carbocycles. The second-order valence-corrected chi connectivity index (χ2v) is 4.12. The van der Waals surface area contributed by atoms with Gasteiger partial charge in [-0.15, -0.1) is 0 Å². The molecule has 0 heterocycles. The maximum atomic E-state index is 11.4. The molecule has 0 aromatic rings. The van der Waals surface area contributed by atoms with Gasteiger partial charge in [0.25, 0.3) is 0 Å². The van der Waals surface area contributed by atoms with Gasteiger partial charge in [0.2, 0.25) is 5.91 Å². The molecule has 1 unspecified atom stereocenters. The molecule has 1 fully saturated rings. The predicted molar refractivity (Wildman–Crippen MR) is 50.2 cm³/mol. The summed E-state index contributed by atoms with van der Waals surface area (Å²) in [5, 5.41) is 2.79. The van der Waals surface area contributed by atoms with Gasteiger partial charge in [-0.1, -0.05) is 13.8 Å². The molecule has 1 saturated carbocycles. The summed E-state index contributed by atoms with van der Waals surface area (Å²) in [6.07, 6.45) is 1.96. The van der Waals surface area contributed by atoms with E-state index in [9.17, 15) is 9.59 Å². The van der Waals surface area contributed by atoms with Crippen LogP contribution in [0.3, 0.4) is 0 Å². The highest BCUT2D eigenvalue weighted by atomic mass is 16.2. The molecule has 0 aliphatic heterocycles. The molecule has 13 heavy (non-hydrogen) atoms. The lowest BCUT2D eigenvalue weighted by Gasteiger charge is -2.19. The predicted octanol–water partition coefficient (Wildman–Crippen LogP) is 1.13. The summed E-state index contributed by atoms with van der Waals surface area (Å²) < 4.78 is 0. The molecule has 1 rings (SSSR count). The molecule has 74 valence electrons. The highest BCUT2D eigenvalue weighted by Gasteiger charge is 2.32. The topological polar surface area (TPSA) is 46.2 Å². The van der Waals surface area contributed by atoms with E-state index in [1.54, 1.807) is 0 Å². The van der Waals surface area contributed by atoms with Crippen LogP contribution in [0.5, 0.6) is 0 Å². The van der Waals surface area contributed by atoms with E-state index in [0.717, 1.165) is 12.8 Å². The molecule has 1 N–H and O–H groups in total. The van der Waals surface area contributed by atoms with Gasteiger partial charge >= 0.3 is 0 Å². The minimum absolute atomic E-state index is 0.0454. The van der Waals surface area contributed by atoms with Crippen LogP contribution >= 0.6 is 0 Å². The summed E-state index contributed by atoms with van der Waals surface area (Å²) in [6.45, 7) is 5.41. The van der Waals surface area contributed by atoms with Gasteiger partial charge in [-0.05, 0) is 25.7 Å². The molecule has 0 bridgehead atoms. The van der Waals surface area contributed by atoms with E-state index in [1.165, 1.54) is 6.92 Å². The van der Waals surface area contributed by atoms with Crippen molar-refractivity contribution < 1.29 is 9.59 Å². The Morgan fingerprint density at radius 3 is 2.15 bits per heavy atom. The fourth-order valence-electron chi connectivity index (χ4n) is 1.35. The Kier molecular flexibility index (Phi) is 3.07. The van der Waals surface area contributed by atoms with Crippen LogP contribution in [-0.2, 0) is 9.59 Å². The molecule has 0 spiro atoms. The number of hydrogen-bond donors (Lipinski definition) is 1. The molecule has 3 nitrogen and oxygen atoms in total. The third-order valence-corrected chi connectivity index (χ3v) is 2.35. The smallest absolute Gasteiger partial charge is 0.223 e. The molecular formula is C10H17NO2. The highest BCUT2D eigenvalue weighted by molar-refractivity contribution is 5.89. The van der Waals surface area contributed by atoms with Crippen molar-refractivity contribution in [2.75, 3.05) is 0 Å². The molecular weight excluding hydrogens is 166 g/mol. The van der Waals surface area contributed by atoms with E-state index in [1.807, 2.05) is 13.8 Å². The largest absolute Gasteiger partial charge is 0.346 e. The van der Waals surface area contributed by atoms with Gasteiger partial charge in [-0.3, -0.25) is 9.59 Å². The Hall–Kier alpha value is -0.860. The van der Waals surface area contributed by atoms with E-state index in [0.29, 0.717) is 0 Å². The van der Waals surface area contributed by atoms with Gasteiger partial charge in [-0.25, -0.2) is 0 Å². The summed E-state index contributed by atoms with van der Waals surface area (Å²) in [5.74, 6) is 0.457. The molecule has 0 aromatic carbocycles. The van der Waals surface area contributed by atoms with Crippen LogP contribution in [0.4, 0.5) is 0 Å². The number of nitrogens with one attached hydrogen (secondary N) is 1. The third-order valence-electron chi connectivity index (χ3n) is 2.35. The zero-order valence-corrected chi connectivity index (χ0v) is 8.46. The molecule has 1 aliphatic rings. The van der Waals surface area contributed by atoms with Gasteiger partial charge in [-0.2, -0.15) is 0 Å². The SMILES string of the molecule is CC(=O)C(NC(=O)C1CC1)C(C)C. The zero-order valence-electron chi connectivity index (χ0n) is 8.46. The van der Waals surface area contributed by atoms with Gasteiger partial charge in [0.15, 0.2) is 5.78 Å². The van der Waals surface area contributed by atoms with Gasteiger partial charge in [0.1, 0.15) is 0 Å². The van der Waals surface area contributed by atoms with Gasteiger partial charge in [0, 0.05) is 5.92 Å². The maximum Gasteiger partial charge on any atom is 0.223 e. The van der Waals surface area contributed by atoms with Crippen molar-refractivity contribution >= 4 is 11.7 Å². The minimum Gasteiger partial charge on any atom is -0.346 e. The van der Waals surface area contributed by atoms with Crippen molar-refractivity contribution in [1.29, 1.82) is 0 Å². The second-order valence-electron chi connectivity index (χ2n) is 4.12. The van der Waals surface area contributed by atoms with E-state index < -0.39 is 0 Å². The van der Waals surface area contributed by atoms with Crippen molar-refractivity contribution in [2.24, 2.45) is 11.8 Å². The fraction of sp³-hybridized carbons (Fsp3) is 0.800. The number of Topliss-reactive ketones (excluding diaryl/α,β-unsaturated/α-hetero) is 1. The van der Waals surface area contributed by atoms with Gasteiger partial charge < -0.3 is 5.32 Å². The number of carbonyl (C=O) groups is 2. The number of rotatable bonds is 4. The Bertz CT molecular complexity index is 219. The number of ketones is 1. The van der Waals surface area contributed by atoms with Crippen molar-refractivity contribution in [2.45, 2.75) is 39.7 Å². The fourth-order valence-corrected chi connectivity index (χ4v) is 1.35. The Morgan fingerprint density at radius 1 is 1.31 bits per heavy atom. The first-order chi connectivity index (χ1) is 6.02. The van der Waals surface area contributed by atoms with Crippen molar-refractivity contribution in [3.63, 3.8) is 0 Å². The average molecular weight is 183 g/mol. The van der Waals surface area contributed by atoms with Crippen LogP contribution in [0, 0.1) is 11.8 Å². The molecule has 0 aromatic heterocycles. The Morgan fingerprint density at radius 2 is 1.85 bits per heavy atom. The first-order valence-electron chi connectivity index (χ1n) is 4.83. The summed E-state index contributed by atoms with van der Waals surface area (Å²) >= 11 is 0. The van der Waals surface area contributed by atoms with E-state index >= 15 is 0 Å². The highest BCUT2D eigenvalue weighted by Crippen LogP contribution is 2.29. The number of hydrogen-bond acceptors (Lipinski definition) is 2. The van der Waals surface area contributed by atoms with Crippen LogP contribution < -0.4 is 5.32 Å². The van der Waals surface area contributed by atoms with E-state index in [-0.39, 0.29) is 29.6 Å². The minimum atomic E-state index is -0.298. The van der Waals surface area contributed by atoms with Crippen molar-refractivity contribution in [3.05, 3.63) is 0 Å². The van der Waals surface area contributed by atoms with Crippen molar-refractivity contribution in [1.82, 2.24) is 5.32 Å². The maximum absolute atomic E-state index is 11.4. The first kappa shape index (κ1) is 10.2. The van der Waals surface area contributed by atoms with Crippen LogP contribution in [0.15, 0.2) is 0 Å². The molecule has 1 amide bonds. The number of carbonyl (C=O) groups excluding carboxylic acids is 2. The quantitative estimate of drug-likeness (QED) is 0.710. The van der Waals surface area contributed by atoms with Crippen LogP contribution in [-0.4, -0.2) is 17.7 Å². The standard InChI is InChI=1S/C10H17NO2/c1-6(2)9(7(3)12)11-10(13)8-4-5-8/h6,8-9H,4-5H2,1-3H3,(H,11,13). The normalized spacial score (nSPS) is 18.5. The monoisotopic (exact) mass is 183 g/mol. The molecule has 1 atom stereocenters. The van der Waals surface area contributed by atoms with E-state index in [4.69, 9.17) is 0 Å². The molecule has 0 saturated heterocycles.